The molecule has 18 heavy (non-hydrogen) atoms. The molecule has 2 saturated heterocycles. The summed E-state index contributed by atoms with van der Waals surface area (Å²) < 4.78 is 0. The van der Waals surface area contributed by atoms with E-state index >= 15 is 0 Å². The van der Waals surface area contributed by atoms with Crippen LogP contribution in [0, 0.1) is 19.8 Å². The fourth-order valence-electron chi connectivity index (χ4n) is 3.53. The largest absolute Gasteiger partial charge is 0.311 e. The Kier molecular flexibility index (Phi) is 3.43. The molecule has 0 spiro atoms. The molecule has 2 fully saturated rings. The maximum Gasteiger partial charge on any atom is 0.0900 e. The second-order valence-electron chi connectivity index (χ2n) is 5.86. The van der Waals surface area contributed by atoms with Crippen LogP contribution in [-0.4, -0.2) is 23.6 Å². The Bertz CT molecular complexity index is 429. The van der Waals surface area contributed by atoms with Crippen molar-refractivity contribution in [3.05, 3.63) is 15.6 Å². The summed E-state index contributed by atoms with van der Waals surface area (Å²) in [6.45, 7) is 7.62. The fourth-order valence-corrected chi connectivity index (χ4v) is 4.49. The fraction of sp³-hybridized carbons (Fsp3) is 0.786. The zero-order valence-electron chi connectivity index (χ0n) is 11.5. The third-order valence-corrected chi connectivity index (χ3v) is 5.71. The van der Waals surface area contributed by atoms with Gasteiger partial charge in [0.1, 0.15) is 0 Å². The first-order chi connectivity index (χ1) is 8.63. The van der Waals surface area contributed by atoms with E-state index in [-0.39, 0.29) is 0 Å². The molecule has 3 rings (SSSR count). The summed E-state index contributed by atoms with van der Waals surface area (Å²) in [4.78, 5) is 5.92. The summed E-state index contributed by atoms with van der Waals surface area (Å²) in [5.74, 6) is 0.834. The number of rotatable bonds is 4. The summed E-state index contributed by atoms with van der Waals surface area (Å²) in [7, 11) is 0. The molecule has 4 unspecified atom stereocenters. The minimum absolute atomic E-state index is 0.440. The van der Waals surface area contributed by atoms with Crippen LogP contribution in [-0.2, 0) is 0 Å². The first kappa shape index (κ1) is 12.6. The molecule has 2 aliphatic rings. The zero-order valence-corrected chi connectivity index (χ0v) is 12.3. The molecule has 0 saturated carbocycles. The molecule has 0 aromatic carbocycles. The van der Waals surface area contributed by atoms with E-state index in [4.69, 9.17) is 0 Å². The van der Waals surface area contributed by atoms with Crippen LogP contribution in [0.3, 0.4) is 0 Å². The van der Waals surface area contributed by atoms with Crippen molar-refractivity contribution in [2.75, 3.05) is 6.54 Å². The van der Waals surface area contributed by atoms with Crippen molar-refractivity contribution in [2.24, 2.45) is 5.92 Å². The van der Waals surface area contributed by atoms with Gasteiger partial charge in [0.05, 0.1) is 10.7 Å². The van der Waals surface area contributed by atoms with E-state index in [0.29, 0.717) is 6.04 Å². The molecule has 1 aromatic rings. The number of aryl methyl sites for hydroxylation is 2. The van der Waals surface area contributed by atoms with E-state index in [1.165, 1.54) is 34.8 Å². The third-order valence-electron chi connectivity index (χ3n) is 4.45. The molecule has 0 radical (unpaired) electrons. The molecule has 1 aromatic heterocycles. The molecule has 3 heterocycles. The zero-order chi connectivity index (χ0) is 12.7. The van der Waals surface area contributed by atoms with Gasteiger partial charge in [-0.15, -0.1) is 11.3 Å². The number of thiazole rings is 1. The lowest BCUT2D eigenvalue weighted by molar-refractivity contribution is 0.369. The van der Waals surface area contributed by atoms with Crippen LogP contribution < -0.4 is 10.6 Å². The van der Waals surface area contributed by atoms with Crippen molar-refractivity contribution in [1.29, 1.82) is 0 Å². The molecule has 0 amide bonds. The molecule has 3 nitrogen and oxygen atoms in total. The highest BCUT2D eigenvalue weighted by Gasteiger charge is 2.38. The molecule has 4 atom stereocenters. The Balaban J connectivity index is 1.55. The normalized spacial score (nSPS) is 32.1. The minimum Gasteiger partial charge on any atom is -0.311 e. The smallest absolute Gasteiger partial charge is 0.0900 e. The van der Waals surface area contributed by atoms with E-state index in [1.807, 2.05) is 11.3 Å². The maximum atomic E-state index is 4.52. The van der Waals surface area contributed by atoms with Gasteiger partial charge in [-0.05, 0) is 46.0 Å². The van der Waals surface area contributed by atoms with Crippen molar-refractivity contribution in [3.63, 3.8) is 0 Å². The topological polar surface area (TPSA) is 37.0 Å². The van der Waals surface area contributed by atoms with Gasteiger partial charge in [-0.25, -0.2) is 4.98 Å². The summed E-state index contributed by atoms with van der Waals surface area (Å²) in [6.07, 6.45) is 4.14. The van der Waals surface area contributed by atoms with Crippen LogP contribution >= 0.6 is 11.3 Å². The second-order valence-corrected chi connectivity index (χ2v) is 7.09. The van der Waals surface area contributed by atoms with Gasteiger partial charge in [0.2, 0.25) is 0 Å². The summed E-state index contributed by atoms with van der Waals surface area (Å²) >= 11 is 1.83. The van der Waals surface area contributed by atoms with Gasteiger partial charge in [-0.3, -0.25) is 0 Å². The van der Waals surface area contributed by atoms with Crippen molar-refractivity contribution in [1.82, 2.24) is 15.6 Å². The molecular formula is C14H23N3S. The number of hydrogen-bond acceptors (Lipinski definition) is 4. The molecule has 100 valence electrons. The number of aromatic nitrogens is 1. The Hall–Kier alpha value is -0.450. The molecule has 0 aliphatic carbocycles. The average Bonchev–Trinajstić information content (AvgIpc) is 3.01. The van der Waals surface area contributed by atoms with Crippen molar-refractivity contribution in [2.45, 2.75) is 58.2 Å². The van der Waals surface area contributed by atoms with Crippen molar-refractivity contribution < 1.29 is 0 Å². The van der Waals surface area contributed by atoms with Crippen LogP contribution in [0.5, 0.6) is 0 Å². The predicted molar refractivity (Wildman–Crippen MR) is 76.1 cm³/mol. The van der Waals surface area contributed by atoms with Gasteiger partial charge >= 0.3 is 0 Å². The third kappa shape index (κ3) is 2.33. The van der Waals surface area contributed by atoms with Gasteiger partial charge < -0.3 is 10.6 Å². The standard InChI is InChI=1S/C14H23N3S/c1-8(14-9(2)16-10(3)18-14)15-7-11-6-12-4-5-13(11)17-12/h8,11-13,15,17H,4-7H2,1-3H3. The molecule has 2 aliphatic heterocycles. The Labute approximate surface area is 113 Å². The van der Waals surface area contributed by atoms with Crippen LogP contribution in [0.4, 0.5) is 0 Å². The van der Waals surface area contributed by atoms with Crippen LogP contribution in [0.1, 0.15) is 47.8 Å². The van der Waals surface area contributed by atoms with Gasteiger partial charge in [0.25, 0.3) is 0 Å². The summed E-state index contributed by atoms with van der Waals surface area (Å²) in [5, 5.41) is 8.60. The van der Waals surface area contributed by atoms with Crippen molar-refractivity contribution in [3.8, 4) is 0 Å². The van der Waals surface area contributed by atoms with Gasteiger partial charge in [-0.1, -0.05) is 0 Å². The lowest BCUT2D eigenvalue weighted by atomic mass is 9.89. The molecule has 4 heteroatoms. The van der Waals surface area contributed by atoms with Gasteiger partial charge in [-0.2, -0.15) is 0 Å². The predicted octanol–water partition coefficient (Wildman–Crippen LogP) is 2.55. The van der Waals surface area contributed by atoms with E-state index in [2.05, 4.69) is 36.4 Å². The number of hydrogen-bond donors (Lipinski definition) is 2. The average molecular weight is 265 g/mol. The maximum absolute atomic E-state index is 4.52. The SMILES string of the molecule is Cc1nc(C)c(C(C)NCC2CC3CCC2N3)s1. The number of nitrogens with zero attached hydrogens (tertiary/aromatic N) is 1. The number of nitrogens with one attached hydrogen (secondary N) is 2. The lowest BCUT2D eigenvalue weighted by Gasteiger charge is -2.22. The molecule has 2 N–H and O–H groups in total. The van der Waals surface area contributed by atoms with Crippen LogP contribution in [0.15, 0.2) is 0 Å². The first-order valence-corrected chi connectivity index (χ1v) is 7.88. The Morgan fingerprint density at radius 1 is 1.44 bits per heavy atom. The highest BCUT2D eigenvalue weighted by atomic mass is 32.1. The highest BCUT2D eigenvalue weighted by molar-refractivity contribution is 7.11. The Morgan fingerprint density at radius 2 is 2.28 bits per heavy atom. The van der Waals surface area contributed by atoms with Gasteiger partial charge in [0.15, 0.2) is 0 Å². The van der Waals surface area contributed by atoms with Gasteiger partial charge in [0, 0.05) is 29.5 Å². The van der Waals surface area contributed by atoms with E-state index in [0.717, 1.165) is 24.5 Å². The monoisotopic (exact) mass is 265 g/mol. The molecule has 2 bridgehead atoms. The van der Waals surface area contributed by atoms with Crippen LogP contribution in [0.2, 0.25) is 0 Å². The lowest BCUT2D eigenvalue weighted by Crippen LogP contribution is -2.32. The van der Waals surface area contributed by atoms with E-state index in [1.54, 1.807) is 0 Å². The quantitative estimate of drug-likeness (QED) is 0.878. The first-order valence-electron chi connectivity index (χ1n) is 7.07. The minimum atomic E-state index is 0.440. The Morgan fingerprint density at radius 3 is 2.83 bits per heavy atom. The molecular weight excluding hydrogens is 242 g/mol. The van der Waals surface area contributed by atoms with E-state index < -0.39 is 0 Å². The van der Waals surface area contributed by atoms with E-state index in [9.17, 15) is 0 Å². The number of fused-ring (bicyclic) bond motifs is 2. The summed E-state index contributed by atoms with van der Waals surface area (Å²) in [6, 6.07) is 2.03. The van der Waals surface area contributed by atoms with Crippen LogP contribution in [0.25, 0.3) is 0 Å². The second kappa shape index (κ2) is 4.91. The summed E-state index contributed by atoms with van der Waals surface area (Å²) in [5.41, 5.74) is 1.20. The highest BCUT2D eigenvalue weighted by Crippen LogP contribution is 2.33. The van der Waals surface area contributed by atoms with Crippen molar-refractivity contribution >= 4 is 11.3 Å².